The van der Waals surface area contributed by atoms with Crippen molar-refractivity contribution in [3.05, 3.63) is 54.2 Å². The van der Waals surface area contributed by atoms with E-state index < -0.39 is 0 Å². The normalized spacial score (nSPS) is 10.7. The van der Waals surface area contributed by atoms with Gasteiger partial charge in [0.25, 0.3) is 5.91 Å². The molecule has 2 N–H and O–H groups in total. The lowest BCUT2D eigenvalue weighted by molar-refractivity contribution is 0.102. The van der Waals surface area contributed by atoms with Crippen molar-refractivity contribution in [3.8, 4) is 5.75 Å². The van der Waals surface area contributed by atoms with Crippen LogP contribution in [0, 0.1) is 0 Å². The number of carbonyl (C=O) groups is 1. The Morgan fingerprint density at radius 3 is 2.85 bits per heavy atom. The summed E-state index contributed by atoms with van der Waals surface area (Å²) < 4.78 is 1.74. The Bertz CT molecular complexity index is 793. The molecule has 0 aliphatic carbocycles. The number of benzene rings is 2. The van der Waals surface area contributed by atoms with Crippen molar-refractivity contribution >= 4 is 22.5 Å². The highest BCUT2D eigenvalue weighted by Crippen LogP contribution is 2.21. The number of hydrogen-bond donors (Lipinski definition) is 2. The van der Waals surface area contributed by atoms with Gasteiger partial charge in [-0.1, -0.05) is 12.1 Å². The van der Waals surface area contributed by atoms with E-state index in [0.29, 0.717) is 5.69 Å². The first-order chi connectivity index (χ1) is 9.65. The lowest BCUT2D eigenvalue weighted by Crippen LogP contribution is -2.12. The summed E-state index contributed by atoms with van der Waals surface area (Å²) in [5.74, 6) is -0.378. The smallest absolute Gasteiger partial charge is 0.259 e. The summed E-state index contributed by atoms with van der Waals surface area (Å²) in [6.45, 7) is 0. The van der Waals surface area contributed by atoms with Crippen LogP contribution in [-0.2, 0) is 7.05 Å². The highest BCUT2D eigenvalue weighted by atomic mass is 16.3. The molecule has 0 spiro atoms. The van der Waals surface area contributed by atoms with Gasteiger partial charge >= 0.3 is 0 Å². The van der Waals surface area contributed by atoms with Gasteiger partial charge in [0.2, 0.25) is 0 Å². The Labute approximate surface area is 115 Å². The molecule has 3 aromatic rings. The number of rotatable bonds is 2. The topological polar surface area (TPSA) is 67.2 Å². The zero-order valence-corrected chi connectivity index (χ0v) is 10.9. The number of hydrogen-bond acceptors (Lipinski definition) is 3. The zero-order valence-electron chi connectivity index (χ0n) is 10.9. The Hall–Kier alpha value is -2.82. The molecule has 1 heterocycles. The number of nitrogens with zero attached hydrogens (tertiary/aromatic N) is 2. The number of amides is 1. The van der Waals surface area contributed by atoms with Crippen LogP contribution in [0.15, 0.2) is 48.7 Å². The third-order valence-electron chi connectivity index (χ3n) is 3.16. The van der Waals surface area contributed by atoms with Gasteiger partial charge in [-0.3, -0.25) is 9.48 Å². The highest BCUT2D eigenvalue weighted by Gasteiger charge is 2.11. The van der Waals surface area contributed by atoms with Crippen molar-refractivity contribution in [2.24, 2.45) is 7.05 Å². The van der Waals surface area contributed by atoms with Gasteiger partial charge in [0, 0.05) is 18.1 Å². The van der Waals surface area contributed by atoms with Crippen LogP contribution < -0.4 is 5.32 Å². The Morgan fingerprint density at radius 2 is 2.05 bits per heavy atom. The summed E-state index contributed by atoms with van der Waals surface area (Å²) in [6.07, 6.45) is 1.77. The molecule has 20 heavy (non-hydrogen) atoms. The number of anilines is 1. The van der Waals surface area contributed by atoms with E-state index >= 15 is 0 Å². The summed E-state index contributed by atoms with van der Waals surface area (Å²) in [4.78, 5) is 12.1. The van der Waals surface area contributed by atoms with E-state index in [-0.39, 0.29) is 17.2 Å². The summed E-state index contributed by atoms with van der Waals surface area (Å²) in [5, 5.41) is 17.6. The van der Waals surface area contributed by atoms with E-state index in [1.165, 1.54) is 6.07 Å². The molecule has 0 aliphatic heterocycles. The van der Waals surface area contributed by atoms with Crippen molar-refractivity contribution in [1.82, 2.24) is 9.78 Å². The maximum atomic E-state index is 12.1. The molecule has 3 rings (SSSR count). The minimum Gasteiger partial charge on any atom is -0.507 e. The SMILES string of the molecule is Cn1ncc2ccc(NC(=O)c3ccccc3O)cc21. The molecular weight excluding hydrogens is 254 g/mol. The summed E-state index contributed by atoms with van der Waals surface area (Å²) >= 11 is 0. The number of aromatic hydroxyl groups is 1. The number of phenolic OH excluding ortho intramolecular Hbond substituents is 1. The van der Waals surface area contributed by atoms with E-state index in [4.69, 9.17) is 0 Å². The molecule has 0 atom stereocenters. The monoisotopic (exact) mass is 267 g/mol. The fourth-order valence-electron chi connectivity index (χ4n) is 2.09. The van der Waals surface area contributed by atoms with Gasteiger partial charge in [-0.25, -0.2) is 0 Å². The minimum atomic E-state index is -0.343. The van der Waals surface area contributed by atoms with Crippen LogP contribution in [0.3, 0.4) is 0 Å². The molecule has 5 heteroatoms. The predicted octanol–water partition coefficient (Wildman–Crippen LogP) is 2.53. The molecule has 0 fully saturated rings. The molecule has 0 saturated heterocycles. The fraction of sp³-hybridized carbons (Fsp3) is 0.0667. The van der Waals surface area contributed by atoms with Gasteiger partial charge < -0.3 is 10.4 Å². The quantitative estimate of drug-likeness (QED) is 0.749. The van der Waals surface area contributed by atoms with Crippen LogP contribution in [0.2, 0.25) is 0 Å². The van der Waals surface area contributed by atoms with E-state index in [1.54, 1.807) is 29.1 Å². The molecule has 0 aliphatic rings. The van der Waals surface area contributed by atoms with Crippen molar-refractivity contribution in [1.29, 1.82) is 0 Å². The number of aromatic nitrogens is 2. The zero-order chi connectivity index (χ0) is 14.1. The Balaban J connectivity index is 1.91. The maximum absolute atomic E-state index is 12.1. The van der Waals surface area contributed by atoms with Gasteiger partial charge in [-0.05, 0) is 30.3 Å². The number of nitrogens with one attached hydrogen (secondary N) is 1. The van der Waals surface area contributed by atoms with Gasteiger partial charge in [0.1, 0.15) is 5.75 Å². The van der Waals surface area contributed by atoms with Crippen LogP contribution in [-0.4, -0.2) is 20.8 Å². The summed E-state index contributed by atoms with van der Waals surface area (Å²) in [5.41, 5.74) is 1.84. The highest BCUT2D eigenvalue weighted by molar-refractivity contribution is 6.06. The van der Waals surface area contributed by atoms with E-state index in [1.807, 2.05) is 25.2 Å². The van der Waals surface area contributed by atoms with Crippen LogP contribution in [0.25, 0.3) is 10.9 Å². The van der Waals surface area contributed by atoms with E-state index in [2.05, 4.69) is 10.4 Å². The lowest BCUT2D eigenvalue weighted by atomic mass is 10.1. The van der Waals surface area contributed by atoms with Crippen LogP contribution in [0.1, 0.15) is 10.4 Å². The third-order valence-corrected chi connectivity index (χ3v) is 3.16. The van der Waals surface area contributed by atoms with Gasteiger partial charge in [0.15, 0.2) is 0 Å². The van der Waals surface area contributed by atoms with Crippen LogP contribution in [0.5, 0.6) is 5.75 Å². The summed E-state index contributed by atoms with van der Waals surface area (Å²) in [7, 11) is 1.84. The van der Waals surface area contributed by atoms with Crippen molar-refractivity contribution in [2.45, 2.75) is 0 Å². The first kappa shape index (κ1) is 12.2. The number of aryl methyl sites for hydroxylation is 1. The van der Waals surface area contributed by atoms with Crippen molar-refractivity contribution in [3.63, 3.8) is 0 Å². The number of phenols is 1. The third kappa shape index (κ3) is 2.09. The van der Waals surface area contributed by atoms with E-state index in [9.17, 15) is 9.90 Å². The van der Waals surface area contributed by atoms with E-state index in [0.717, 1.165) is 10.9 Å². The molecule has 5 nitrogen and oxygen atoms in total. The standard InChI is InChI=1S/C15H13N3O2/c1-18-13-8-11(7-6-10(13)9-16-18)17-15(20)12-4-2-3-5-14(12)19/h2-9,19H,1H3,(H,17,20). The average molecular weight is 267 g/mol. The fourth-order valence-corrected chi connectivity index (χ4v) is 2.09. The molecule has 1 aromatic heterocycles. The average Bonchev–Trinajstić information content (AvgIpc) is 2.81. The summed E-state index contributed by atoms with van der Waals surface area (Å²) in [6, 6.07) is 12.0. The Kier molecular flexibility index (Phi) is 2.87. The van der Waals surface area contributed by atoms with Crippen molar-refractivity contribution < 1.29 is 9.90 Å². The molecule has 0 radical (unpaired) electrons. The molecule has 0 bridgehead atoms. The maximum Gasteiger partial charge on any atom is 0.259 e. The van der Waals surface area contributed by atoms with Gasteiger partial charge in [0.05, 0.1) is 17.3 Å². The molecule has 2 aromatic carbocycles. The number of para-hydroxylation sites is 1. The number of carbonyl (C=O) groups excluding carboxylic acids is 1. The van der Waals surface area contributed by atoms with Crippen molar-refractivity contribution in [2.75, 3.05) is 5.32 Å². The molecular formula is C15H13N3O2. The largest absolute Gasteiger partial charge is 0.507 e. The first-order valence-electron chi connectivity index (χ1n) is 6.16. The number of fused-ring (bicyclic) bond motifs is 1. The first-order valence-corrected chi connectivity index (χ1v) is 6.16. The van der Waals surface area contributed by atoms with Crippen LogP contribution in [0.4, 0.5) is 5.69 Å². The second-order valence-corrected chi connectivity index (χ2v) is 4.51. The predicted molar refractivity (Wildman–Crippen MR) is 76.8 cm³/mol. The molecule has 0 saturated carbocycles. The molecule has 100 valence electrons. The second-order valence-electron chi connectivity index (χ2n) is 4.51. The van der Waals surface area contributed by atoms with Crippen LogP contribution >= 0.6 is 0 Å². The van der Waals surface area contributed by atoms with Gasteiger partial charge in [-0.15, -0.1) is 0 Å². The molecule has 1 amide bonds. The second kappa shape index (κ2) is 4.70. The molecule has 0 unspecified atom stereocenters. The lowest BCUT2D eigenvalue weighted by Gasteiger charge is -2.07. The Morgan fingerprint density at radius 1 is 1.25 bits per heavy atom. The van der Waals surface area contributed by atoms with Gasteiger partial charge in [-0.2, -0.15) is 5.10 Å². The minimum absolute atomic E-state index is 0.0355.